The molecule has 23 heavy (non-hydrogen) atoms. The Balaban J connectivity index is 1.92. The van der Waals surface area contributed by atoms with Crippen molar-refractivity contribution in [1.29, 1.82) is 0 Å². The van der Waals surface area contributed by atoms with E-state index in [-0.39, 0.29) is 0 Å². The van der Waals surface area contributed by atoms with Crippen molar-refractivity contribution in [2.45, 2.75) is 19.8 Å². The summed E-state index contributed by atoms with van der Waals surface area (Å²) in [7, 11) is 0. The summed E-state index contributed by atoms with van der Waals surface area (Å²) < 4.78 is 0.930. The van der Waals surface area contributed by atoms with Gasteiger partial charge < -0.3 is 0 Å². The molecular weight excluding hydrogens is 371 g/mol. The van der Waals surface area contributed by atoms with E-state index in [1.807, 2.05) is 11.8 Å². The number of nitrogens with zero attached hydrogens (tertiary/aromatic N) is 4. The first kappa shape index (κ1) is 15.4. The lowest BCUT2D eigenvalue weighted by atomic mass is 10.2. The molecule has 0 atom stereocenters. The maximum absolute atomic E-state index is 6.53. The predicted molar refractivity (Wildman–Crippen MR) is 101 cm³/mol. The van der Waals surface area contributed by atoms with Gasteiger partial charge in [0.15, 0.2) is 0 Å². The summed E-state index contributed by atoms with van der Waals surface area (Å²) in [5.74, 6) is 0.825. The van der Waals surface area contributed by atoms with Gasteiger partial charge in [0.1, 0.15) is 11.3 Å². The Kier molecular flexibility index (Phi) is 3.68. The molecule has 2 saturated heterocycles. The second-order valence-corrected chi connectivity index (χ2v) is 7.97. The lowest BCUT2D eigenvalue weighted by molar-refractivity contribution is 0.0757. The molecule has 3 heterocycles. The molecule has 4 rings (SSSR count). The molecule has 0 unspecified atom stereocenters. The van der Waals surface area contributed by atoms with E-state index in [4.69, 9.17) is 35.4 Å². The zero-order valence-corrected chi connectivity index (χ0v) is 15.6. The Morgan fingerprint density at radius 1 is 1.22 bits per heavy atom. The van der Waals surface area contributed by atoms with E-state index < -0.39 is 0 Å². The zero-order chi connectivity index (χ0) is 16.3. The highest BCUT2D eigenvalue weighted by atomic mass is 35.5. The van der Waals surface area contributed by atoms with Crippen LogP contribution in [0.25, 0.3) is 10.2 Å². The highest BCUT2D eigenvalue weighted by Gasteiger charge is 2.39. The van der Waals surface area contributed by atoms with Crippen LogP contribution in [0.3, 0.4) is 0 Å². The fraction of sp³-hybridized carbons (Fsp3) is 0.333. The summed E-state index contributed by atoms with van der Waals surface area (Å²) in [5.41, 5.74) is 1.56. The number of aryl methyl sites for hydroxylation is 1. The number of hydrogen-bond donors (Lipinski definition) is 0. The van der Waals surface area contributed by atoms with Crippen LogP contribution in [-0.4, -0.2) is 33.2 Å². The van der Waals surface area contributed by atoms with E-state index in [9.17, 15) is 0 Å². The number of fused-ring (bicyclic) bond motifs is 2. The molecule has 0 N–H and O–H groups in total. The van der Waals surface area contributed by atoms with Crippen molar-refractivity contribution in [3.05, 3.63) is 33.5 Å². The van der Waals surface area contributed by atoms with Gasteiger partial charge in [0.2, 0.25) is 5.11 Å². The molecule has 4 nitrogen and oxygen atoms in total. The van der Waals surface area contributed by atoms with Gasteiger partial charge in [0.05, 0.1) is 25.4 Å². The third-order valence-electron chi connectivity index (χ3n) is 4.13. The molecular formula is C15H14Cl2N4S2. The Morgan fingerprint density at radius 3 is 2.61 bits per heavy atom. The topological polar surface area (TPSA) is 22.6 Å². The third-order valence-corrected chi connectivity index (χ3v) is 6.22. The lowest BCUT2D eigenvalue weighted by Gasteiger charge is -2.33. The van der Waals surface area contributed by atoms with Gasteiger partial charge in [0.25, 0.3) is 0 Å². The molecule has 2 aliphatic heterocycles. The van der Waals surface area contributed by atoms with Gasteiger partial charge in [-0.05, 0) is 38.0 Å². The Hall–Kier alpha value is -1.08. The highest BCUT2D eigenvalue weighted by molar-refractivity contribution is 7.80. The van der Waals surface area contributed by atoms with Crippen LogP contribution in [0.15, 0.2) is 18.5 Å². The fourth-order valence-corrected chi connectivity index (χ4v) is 4.99. The molecule has 2 aromatic rings. The second-order valence-electron chi connectivity index (χ2n) is 5.59. The first-order valence-electron chi connectivity index (χ1n) is 7.32. The average Bonchev–Trinajstić information content (AvgIpc) is 3.02. The maximum atomic E-state index is 6.53. The molecule has 120 valence electrons. The van der Waals surface area contributed by atoms with Gasteiger partial charge in [0, 0.05) is 13.1 Å². The van der Waals surface area contributed by atoms with Gasteiger partial charge in [-0.2, -0.15) is 0 Å². The standard InChI is InChI=1S/C15H14Cl2N4S2/c1-8-18-12-13(10(16)7-11(17)14(12)23-8)21-9(2)19-5-3-4-6-20(19)15(21)22/h7H,2-6H2,1H3. The number of benzene rings is 1. The molecule has 0 spiro atoms. The lowest BCUT2D eigenvalue weighted by Crippen LogP contribution is -2.42. The van der Waals surface area contributed by atoms with Crippen LogP contribution in [0.4, 0.5) is 5.69 Å². The van der Waals surface area contributed by atoms with Crippen LogP contribution < -0.4 is 4.90 Å². The summed E-state index contributed by atoms with van der Waals surface area (Å²) in [5, 5.41) is 7.02. The minimum atomic E-state index is 0.539. The number of thiazole rings is 1. The smallest absolute Gasteiger partial charge is 0.201 e. The van der Waals surface area contributed by atoms with E-state index in [1.165, 1.54) is 0 Å². The van der Waals surface area contributed by atoms with Crippen LogP contribution in [0.2, 0.25) is 10.0 Å². The monoisotopic (exact) mass is 384 g/mol. The van der Waals surface area contributed by atoms with E-state index in [0.717, 1.165) is 52.7 Å². The quantitative estimate of drug-likeness (QED) is 0.656. The second kappa shape index (κ2) is 5.48. The molecule has 0 saturated carbocycles. The van der Waals surface area contributed by atoms with Crippen LogP contribution in [0, 0.1) is 6.92 Å². The molecule has 2 fully saturated rings. The number of halogens is 2. The summed E-state index contributed by atoms with van der Waals surface area (Å²) >= 11 is 20.1. The minimum Gasteiger partial charge on any atom is -0.268 e. The van der Waals surface area contributed by atoms with E-state index >= 15 is 0 Å². The van der Waals surface area contributed by atoms with Crippen LogP contribution in [0.5, 0.6) is 0 Å². The molecule has 0 radical (unpaired) electrons. The number of hydrazine groups is 1. The van der Waals surface area contributed by atoms with Crippen molar-refractivity contribution >= 4 is 67.8 Å². The number of rotatable bonds is 1. The summed E-state index contributed by atoms with van der Waals surface area (Å²) in [6.07, 6.45) is 2.25. The molecule has 8 heteroatoms. The first-order chi connectivity index (χ1) is 11.0. The maximum Gasteiger partial charge on any atom is 0.201 e. The summed E-state index contributed by atoms with van der Waals surface area (Å²) in [4.78, 5) is 6.57. The zero-order valence-electron chi connectivity index (χ0n) is 12.5. The molecule has 2 aliphatic rings. The Bertz CT molecular complexity index is 824. The van der Waals surface area contributed by atoms with Crippen LogP contribution in [0.1, 0.15) is 17.8 Å². The van der Waals surface area contributed by atoms with Gasteiger partial charge in [-0.3, -0.25) is 14.9 Å². The average molecular weight is 385 g/mol. The van der Waals surface area contributed by atoms with Crippen molar-refractivity contribution in [3.63, 3.8) is 0 Å². The fourth-order valence-electron chi connectivity index (χ4n) is 3.12. The largest absolute Gasteiger partial charge is 0.268 e. The van der Waals surface area contributed by atoms with Crippen LogP contribution in [-0.2, 0) is 0 Å². The van der Waals surface area contributed by atoms with Crippen molar-refractivity contribution in [2.75, 3.05) is 18.0 Å². The van der Waals surface area contributed by atoms with E-state index in [0.29, 0.717) is 15.2 Å². The SMILES string of the molecule is C=C1N(c2c(Cl)cc(Cl)c3sc(C)nc23)C(=S)N2CCCCN12. The van der Waals surface area contributed by atoms with E-state index in [1.54, 1.807) is 17.4 Å². The van der Waals surface area contributed by atoms with Gasteiger partial charge >= 0.3 is 0 Å². The summed E-state index contributed by atoms with van der Waals surface area (Å²) in [6.45, 7) is 8.01. The Labute approximate surface area is 153 Å². The van der Waals surface area contributed by atoms with Crippen molar-refractivity contribution in [2.24, 2.45) is 0 Å². The molecule has 1 aromatic heterocycles. The van der Waals surface area contributed by atoms with E-state index in [2.05, 4.69) is 21.6 Å². The van der Waals surface area contributed by atoms with Crippen molar-refractivity contribution < 1.29 is 0 Å². The Morgan fingerprint density at radius 2 is 1.91 bits per heavy atom. The normalized spacial score (nSPS) is 18.3. The molecule has 1 aromatic carbocycles. The number of anilines is 1. The first-order valence-corrected chi connectivity index (χ1v) is 9.30. The van der Waals surface area contributed by atoms with Gasteiger partial charge in [-0.1, -0.05) is 29.8 Å². The number of thiocarbonyl (C=S) groups is 1. The number of hydrogen-bond acceptors (Lipinski definition) is 4. The molecule has 0 amide bonds. The molecule has 0 bridgehead atoms. The third kappa shape index (κ3) is 2.23. The summed E-state index contributed by atoms with van der Waals surface area (Å²) in [6, 6.07) is 1.76. The van der Waals surface area contributed by atoms with Gasteiger partial charge in [-0.25, -0.2) is 4.98 Å². The number of aromatic nitrogens is 1. The predicted octanol–water partition coefficient (Wildman–Crippen LogP) is 4.80. The molecule has 0 aliphatic carbocycles. The van der Waals surface area contributed by atoms with Gasteiger partial charge in [-0.15, -0.1) is 11.3 Å². The highest BCUT2D eigenvalue weighted by Crippen LogP contribution is 2.44. The van der Waals surface area contributed by atoms with Crippen LogP contribution >= 0.6 is 46.8 Å². The van der Waals surface area contributed by atoms with Crippen molar-refractivity contribution in [1.82, 2.24) is 15.0 Å². The minimum absolute atomic E-state index is 0.539. The van der Waals surface area contributed by atoms with Crippen molar-refractivity contribution in [3.8, 4) is 0 Å².